The molecule has 0 spiro atoms. The summed E-state index contributed by atoms with van der Waals surface area (Å²) in [5, 5.41) is 15.2. The molecule has 1 saturated heterocycles. The van der Waals surface area contributed by atoms with Crippen molar-refractivity contribution in [3.05, 3.63) is 35.4 Å². The van der Waals surface area contributed by atoms with Crippen LogP contribution in [0, 0.1) is 16.7 Å². The van der Waals surface area contributed by atoms with E-state index in [1.54, 1.807) is 24.3 Å². The van der Waals surface area contributed by atoms with Crippen LogP contribution in [-0.4, -0.2) is 25.5 Å². The van der Waals surface area contributed by atoms with Crippen LogP contribution in [0.3, 0.4) is 0 Å². The van der Waals surface area contributed by atoms with Crippen LogP contribution in [0.25, 0.3) is 0 Å². The number of rotatable bonds is 3. The minimum Gasteiger partial charge on any atom is -0.351 e. The topological polar surface area (TPSA) is 64.9 Å². The molecule has 0 aliphatic carbocycles. The second-order valence-corrected chi connectivity index (χ2v) is 5.47. The number of benzene rings is 1. The molecule has 1 heterocycles. The third-order valence-electron chi connectivity index (χ3n) is 3.62. The fourth-order valence-electron chi connectivity index (χ4n) is 2.40. The summed E-state index contributed by atoms with van der Waals surface area (Å²) in [6.45, 7) is 4.85. The van der Waals surface area contributed by atoms with Gasteiger partial charge < -0.3 is 10.6 Å². The molecule has 2 N–H and O–H groups in total. The van der Waals surface area contributed by atoms with E-state index in [2.05, 4.69) is 17.6 Å². The van der Waals surface area contributed by atoms with Crippen LogP contribution in [0.15, 0.2) is 24.3 Å². The average molecular weight is 257 g/mol. The standard InChI is InChI=1S/C15H19N3O/c1-15(6-3-7-17-10-15)11-18-14(19)13-5-2-4-12(8-13)9-16/h2,4-5,8,17H,3,6-7,10-11H2,1H3,(H,18,19). The molecule has 1 fully saturated rings. The zero-order chi connectivity index (χ0) is 13.7. The highest BCUT2D eigenvalue weighted by atomic mass is 16.1. The van der Waals surface area contributed by atoms with Gasteiger partial charge in [0.05, 0.1) is 11.6 Å². The second-order valence-electron chi connectivity index (χ2n) is 5.47. The molecule has 1 amide bonds. The molecule has 19 heavy (non-hydrogen) atoms. The number of carbonyl (C=O) groups is 1. The molecule has 0 saturated carbocycles. The summed E-state index contributed by atoms with van der Waals surface area (Å²) < 4.78 is 0. The molecule has 1 atom stereocenters. The van der Waals surface area contributed by atoms with Crippen molar-refractivity contribution < 1.29 is 4.79 Å². The Bertz CT molecular complexity index is 498. The lowest BCUT2D eigenvalue weighted by molar-refractivity contribution is 0.0924. The van der Waals surface area contributed by atoms with Crippen LogP contribution in [0.4, 0.5) is 0 Å². The Labute approximate surface area is 113 Å². The third kappa shape index (κ3) is 3.55. The zero-order valence-electron chi connectivity index (χ0n) is 11.2. The lowest BCUT2D eigenvalue weighted by Gasteiger charge is -2.34. The predicted octanol–water partition coefficient (Wildman–Crippen LogP) is 1.68. The largest absolute Gasteiger partial charge is 0.351 e. The lowest BCUT2D eigenvalue weighted by atomic mass is 9.83. The highest BCUT2D eigenvalue weighted by Gasteiger charge is 2.27. The van der Waals surface area contributed by atoms with E-state index in [1.807, 2.05) is 6.07 Å². The highest BCUT2D eigenvalue weighted by molar-refractivity contribution is 5.94. The summed E-state index contributed by atoms with van der Waals surface area (Å²) in [6, 6.07) is 8.83. The van der Waals surface area contributed by atoms with Gasteiger partial charge in [0.25, 0.3) is 5.91 Å². The SMILES string of the molecule is CC1(CNC(=O)c2cccc(C#N)c2)CCCNC1. The van der Waals surface area contributed by atoms with Gasteiger partial charge in [-0.25, -0.2) is 0 Å². The Hall–Kier alpha value is -1.86. The van der Waals surface area contributed by atoms with Gasteiger partial charge in [-0.2, -0.15) is 5.26 Å². The monoisotopic (exact) mass is 257 g/mol. The van der Waals surface area contributed by atoms with Crippen molar-refractivity contribution >= 4 is 5.91 Å². The Balaban J connectivity index is 1.95. The molecular formula is C15H19N3O. The molecule has 1 aliphatic rings. The molecule has 0 aromatic heterocycles. The quantitative estimate of drug-likeness (QED) is 0.866. The number of nitriles is 1. The van der Waals surface area contributed by atoms with E-state index in [0.29, 0.717) is 17.7 Å². The number of hydrogen-bond donors (Lipinski definition) is 2. The number of amides is 1. The maximum atomic E-state index is 12.1. The molecule has 100 valence electrons. The average Bonchev–Trinajstić information content (AvgIpc) is 2.46. The number of piperidine rings is 1. The van der Waals surface area contributed by atoms with Gasteiger partial charge in [-0.05, 0) is 43.0 Å². The van der Waals surface area contributed by atoms with Crippen molar-refractivity contribution in [1.82, 2.24) is 10.6 Å². The Morgan fingerprint density at radius 2 is 2.42 bits per heavy atom. The predicted molar refractivity (Wildman–Crippen MR) is 73.7 cm³/mol. The van der Waals surface area contributed by atoms with E-state index in [0.717, 1.165) is 25.9 Å². The fourth-order valence-corrected chi connectivity index (χ4v) is 2.40. The summed E-state index contributed by atoms with van der Waals surface area (Å²) in [7, 11) is 0. The molecule has 1 aromatic carbocycles. The van der Waals surface area contributed by atoms with E-state index in [4.69, 9.17) is 5.26 Å². The van der Waals surface area contributed by atoms with Crippen LogP contribution in [0.1, 0.15) is 35.7 Å². The van der Waals surface area contributed by atoms with Gasteiger partial charge in [-0.15, -0.1) is 0 Å². The van der Waals surface area contributed by atoms with Crippen molar-refractivity contribution in [1.29, 1.82) is 5.26 Å². The molecule has 4 heteroatoms. The van der Waals surface area contributed by atoms with Crippen LogP contribution in [0.2, 0.25) is 0 Å². The Morgan fingerprint density at radius 1 is 1.58 bits per heavy atom. The fraction of sp³-hybridized carbons (Fsp3) is 0.467. The second kappa shape index (κ2) is 5.85. The molecule has 0 radical (unpaired) electrons. The van der Waals surface area contributed by atoms with Crippen molar-refractivity contribution in [2.24, 2.45) is 5.41 Å². The number of nitrogens with one attached hydrogen (secondary N) is 2. The number of nitrogens with zero attached hydrogens (tertiary/aromatic N) is 1. The summed E-state index contributed by atoms with van der Waals surface area (Å²) in [6.07, 6.45) is 2.27. The number of carbonyl (C=O) groups excluding carboxylic acids is 1. The first-order valence-electron chi connectivity index (χ1n) is 6.62. The highest BCUT2D eigenvalue weighted by Crippen LogP contribution is 2.24. The molecule has 1 unspecified atom stereocenters. The van der Waals surface area contributed by atoms with Crippen molar-refractivity contribution in [2.45, 2.75) is 19.8 Å². The summed E-state index contributed by atoms with van der Waals surface area (Å²) in [5.74, 6) is -0.108. The smallest absolute Gasteiger partial charge is 0.251 e. The molecule has 1 aromatic rings. The van der Waals surface area contributed by atoms with E-state index >= 15 is 0 Å². The van der Waals surface area contributed by atoms with Crippen LogP contribution in [-0.2, 0) is 0 Å². The molecule has 0 bridgehead atoms. The van der Waals surface area contributed by atoms with Crippen LogP contribution < -0.4 is 10.6 Å². The molecule has 1 aliphatic heterocycles. The normalized spacial score (nSPS) is 22.5. The van der Waals surface area contributed by atoms with Gasteiger partial charge in [0.15, 0.2) is 0 Å². The molecule has 4 nitrogen and oxygen atoms in total. The van der Waals surface area contributed by atoms with Crippen molar-refractivity contribution in [2.75, 3.05) is 19.6 Å². The molecule has 2 rings (SSSR count). The van der Waals surface area contributed by atoms with Gasteiger partial charge in [0, 0.05) is 18.7 Å². The maximum Gasteiger partial charge on any atom is 0.251 e. The third-order valence-corrected chi connectivity index (χ3v) is 3.62. The van der Waals surface area contributed by atoms with Gasteiger partial charge in [-0.1, -0.05) is 13.0 Å². The van der Waals surface area contributed by atoms with Crippen molar-refractivity contribution in [3.8, 4) is 6.07 Å². The minimum absolute atomic E-state index is 0.108. The zero-order valence-corrected chi connectivity index (χ0v) is 11.2. The van der Waals surface area contributed by atoms with Crippen LogP contribution >= 0.6 is 0 Å². The van der Waals surface area contributed by atoms with E-state index < -0.39 is 0 Å². The first-order valence-corrected chi connectivity index (χ1v) is 6.62. The minimum atomic E-state index is -0.108. The lowest BCUT2D eigenvalue weighted by Crippen LogP contribution is -2.45. The van der Waals surface area contributed by atoms with E-state index in [1.165, 1.54) is 0 Å². The van der Waals surface area contributed by atoms with Gasteiger partial charge in [0.2, 0.25) is 0 Å². The van der Waals surface area contributed by atoms with Crippen molar-refractivity contribution in [3.63, 3.8) is 0 Å². The first kappa shape index (κ1) is 13.6. The van der Waals surface area contributed by atoms with Crippen LogP contribution in [0.5, 0.6) is 0 Å². The summed E-state index contributed by atoms with van der Waals surface area (Å²) in [4.78, 5) is 12.1. The van der Waals surface area contributed by atoms with Gasteiger partial charge >= 0.3 is 0 Å². The van der Waals surface area contributed by atoms with E-state index in [9.17, 15) is 4.79 Å². The maximum absolute atomic E-state index is 12.1. The summed E-state index contributed by atoms with van der Waals surface area (Å²) in [5.41, 5.74) is 1.19. The summed E-state index contributed by atoms with van der Waals surface area (Å²) >= 11 is 0. The first-order chi connectivity index (χ1) is 9.13. The van der Waals surface area contributed by atoms with E-state index in [-0.39, 0.29) is 11.3 Å². The number of hydrogen-bond acceptors (Lipinski definition) is 3. The van der Waals surface area contributed by atoms with Gasteiger partial charge in [0.1, 0.15) is 0 Å². The Kier molecular flexibility index (Phi) is 4.18. The molecular weight excluding hydrogens is 238 g/mol. The Morgan fingerprint density at radius 3 is 3.11 bits per heavy atom. The van der Waals surface area contributed by atoms with Gasteiger partial charge in [-0.3, -0.25) is 4.79 Å².